The van der Waals surface area contributed by atoms with Gasteiger partial charge in [0, 0.05) is 12.2 Å². The predicted molar refractivity (Wildman–Crippen MR) is 70.5 cm³/mol. The second kappa shape index (κ2) is 6.26. The molecule has 18 heavy (non-hydrogen) atoms. The molecule has 5 nitrogen and oxygen atoms in total. The first kappa shape index (κ1) is 15.1. The Balaban J connectivity index is 2.92. The van der Waals surface area contributed by atoms with Gasteiger partial charge in [0.15, 0.2) is 0 Å². The highest BCUT2D eigenvalue weighted by atomic mass is 32.2. The fourth-order valence-corrected chi connectivity index (χ4v) is 2.97. The average Bonchev–Trinajstić information content (AvgIpc) is 2.34. The zero-order chi connectivity index (χ0) is 13.8. The van der Waals surface area contributed by atoms with E-state index < -0.39 is 15.3 Å². The van der Waals surface area contributed by atoms with Crippen LogP contribution >= 0.6 is 0 Å². The highest BCUT2D eigenvalue weighted by Crippen LogP contribution is 2.12. The number of hydrogen-bond donors (Lipinski definition) is 1. The first-order chi connectivity index (χ1) is 8.41. The molecule has 0 aliphatic rings. The molecule has 1 unspecified atom stereocenters. The summed E-state index contributed by atoms with van der Waals surface area (Å²) in [4.78, 5) is 4.29. The molecule has 0 aliphatic heterocycles. The standard InChI is InChI=1S/C12H20N2O3S/c1-4-14(18(16,17)11(3)9-15)8-12-7-5-6-10(2)13-12/h5-7,11,15H,4,8-9H2,1-3H3. The van der Waals surface area contributed by atoms with E-state index in [1.54, 1.807) is 13.0 Å². The van der Waals surface area contributed by atoms with E-state index in [-0.39, 0.29) is 13.2 Å². The lowest BCUT2D eigenvalue weighted by molar-refractivity contribution is 0.288. The van der Waals surface area contributed by atoms with E-state index in [4.69, 9.17) is 5.11 Å². The van der Waals surface area contributed by atoms with Crippen molar-refractivity contribution < 1.29 is 13.5 Å². The summed E-state index contributed by atoms with van der Waals surface area (Å²) < 4.78 is 25.6. The van der Waals surface area contributed by atoms with Gasteiger partial charge in [0.1, 0.15) is 0 Å². The first-order valence-electron chi connectivity index (χ1n) is 5.94. The average molecular weight is 272 g/mol. The van der Waals surface area contributed by atoms with Crippen LogP contribution in [0.5, 0.6) is 0 Å². The maximum absolute atomic E-state index is 12.1. The quantitative estimate of drug-likeness (QED) is 0.836. The van der Waals surface area contributed by atoms with Crippen LogP contribution in [0.1, 0.15) is 25.2 Å². The minimum Gasteiger partial charge on any atom is -0.395 e. The van der Waals surface area contributed by atoms with Crippen molar-refractivity contribution in [1.82, 2.24) is 9.29 Å². The summed E-state index contributed by atoms with van der Waals surface area (Å²) in [7, 11) is -3.47. The number of aromatic nitrogens is 1. The molecule has 1 heterocycles. The van der Waals surface area contributed by atoms with Crippen molar-refractivity contribution in [2.45, 2.75) is 32.6 Å². The molecular formula is C12H20N2O3S. The van der Waals surface area contributed by atoms with E-state index in [1.165, 1.54) is 11.2 Å². The number of sulfonamides is 1. The van der Waals surface area contributed by atoms with Gasteiger partial charge in [-0.1, -0.05) is 13.0 Å². The van der Waals surface area contributed by atoms with E-state index >= 15 is 0 Å². The van der Waals surface area contributed by atoms with E-state index in [1.807, 2.05) is 19.1 Å². The third kappa shape index (κ3) is 3.51. The molecule has 1 atom stereocenters. The van der Waals surface area contributed by atoms with Crippen LogP contribution in [0.2, 0.25) is 0 Å². The van der Waals surface area contributed by atoms with Gasteiger partial charge in [-0.3, -0.25) is 4.98 Å². The summed E-state index contributed by atoms with van der Waals surface area (Å²) in [5.41, 5.74) is 1.57. The number of aryl methyl sites for hydroxylation is 1. The topological polar surface area (TPSA) is 70.5 Å². The van der Waals surface area contributed by atoms with Crippen molar-refractivity contribution in [1.29, 1.82) is 0 Å². The van der Waals surface area contributed by atoms with Gasteiger partial charge >= 0.3 is 0 Å². The second-order valence-corrected chi connectivity index (χ2v) is 6.59. The summed E-state index contributed by atoms with van der Waals surface area (Å²) in [6.07, 6.45) is 0. The normalized spacial score (nSPS) is 13.8. The monoisotopic (exact) mass is 272 g/mol. The molecule has 1 rings (SSSR count). The Morgan fingerprint density at radius 3 is 2.61 bits per heavy atom. The van der Waals surface area contributed by atoms with Gasteiger partial charge in [0.25, 0.3) is 0 Å². The van der Waals surface area contributed by atoms with Gasteiger partial charge in [0.2, 0.25) is 10.0 Å². The number of nitrogens with zero attached hydrogens (tertiary/aromatic N) is 2. The summed E-state index contributed by atoms with van der Waals surface area (Å²) in [6, 6.07) is 5.52. The lowest BCUT2D eigenvalue weighted by Crippen LogP contribution is -2.38. The molecule has 0 saturated heterocycles. The summed E-state index contributed by atoms with van der Waals surface area (Å²) in [6.45, 7) is 5.37. The van der Waals surface area contributed by atoms with Crippen LogP contribution < -0.4 is 0 Å². The van der Waals surface area contributed by atoms with Gasteiger partial charge in [-0.15, -0.1) is 0 Å². The number of rotatable bonds is 6. The zero-order valence-corrected chi connectivity index (χ0v) is 11.8. The Kier molecular flexibility index (Phi) is 5.25. The van der Waals surface area contributed by atoms with Crippen LogP contribution in [-0.4, -0.2) is 41.2 Å². The van der Waals surface area contributed by atoms with Gasteiger partial charge in [-0.25, -0.2) is 8.42 Å². The molecule has 1 N–H and O–H groups in total. The van der Waals surface area contributed by atoms with Crippen molar-refractivity contribution >= 4 is 10.0 Å². The van der Waals surface area contributed by atoms with Crippen molar-refractivity contribution in [3.8, 4) is 0 Å². The maximum atomic E-state index is 12.1. The lowest BCUT2D eigenvalue weighted by atomic mass is 10.3. The third-order valence-electron chi connectivity index (χ3n) is 2.76. The van der Waals surface area contributed by atoms with Gasteiger partial charge < -0.3 is 5.11 Å². The third-order valence-corrected chi connectivity index (χ3v) is 5.04. The molecule has 0 bridgehead atoms. The van der Waals surface area contributed by atoms with Gasteiger partial charge in [-0.05, 0) is 26.0 Å². The van der Waals surface area contributed by atoms with E-state index in [0.29, 0.717) is 12.2 Å². The van der Waals surface area contributed by atoms with Crippen molar-refractivity contribution in [2.24, 2.45) is 0 Å². The lowest BCUT2D eigenvalue weighted by Gasteiger charge is -2.23. The smallest absolute Gasteiger partial charge is 0.219 e. The van der Waals surface area contributed by atoms with Crippen LogP contribution in [0, 0.1) is 6.92 Å². The highest BCUT2D eigenvalue weighted by Gasteiger charge is 2.27. The molecule has 0 amide bonds. The van der Waals surface area contributed by atoms with Crippen molar-refractivity contribution in [2.75, 3.05) is 13.2 Å². The van der Waals surface area contributed by atoms with Gasteiger partial charge in [0.05, 0.1) is 24.1 Å². The number of aliphatic hydroxyl groups excluding tert-OH is 1. The molecule has 0 spiro atoms. The second-order valence-electron chi connectivity index (χ2n) is 4.23. The molecule has 0 fully saturated rings. The van der Waals surface area contributed by atoms with Crippen LogP contribution in [-0.2, 0) is 16.6 Å². The molecule has 1 aromatic rings. The largest absolute Gasteiger partial charge is 0.395 e. The SMILES string of the molecule is CCN(Cc1cccc(C)n1)S(=O)(=O)C(C)CO. The molecular weight excluding hydrogens is 252 g/mol. The van der Waals surface area contributed by atoms with Crippen LogP contribution in [0.15, 0.2) is 18.2 Å². The minimum atomic E-state index is -3.47. The Bertz CT molecular complexity index is 488. The predicted octanol–water partition coefficient (Wildman–Crippen LogP) is 0.923. The van der Waals surface area contributed by atoms with Crippen LogP contribution in [0.25, 0.3) is 0 Å². The van der Waals surface area contributed by atoms with E-state index in [9.17, 15) is 8.42 Å². The molecule has 0 aromatic carbocycles. The van der Waals surface area contributed by atoms with E-state index in [2.05, 4.69) is 4.98 Å². The zero-order valence-electron chi connectivity index (χ0n) is 11.0. The Labute approximate surface area is 109 Å². The fourth-order valence-electron chi connectivity index (χ4n) is 1.60. The van der Waals surface area contributed by atoms with Crippen molar-refractivity contribution in [3.05, 3.63) is 29.6 Å². The number of hydrogen-bond acceptors (Lipinski definition) is 4. The molecule has 0 saturated carbocycles. The number of pyridine rings is 1. The number of aliphatic hydroxyl groups is 1. The summed E-state index contributed by atoms with van der Waals surface area (Å²) in [5.74, 6) is 0. The maximum Gasteiger partial charge on any atom is 0.219 e. The Hall–Kier alpha value is -0.980. The molecule has 6 heteroatoms. The summed E-state index contributed by atoms with van der Waals surface area (Å²) >= 11 is 0. The first-order valence-corrected chi connectivity index (χ1v) is 7.44. The van der Waals surface area contributed by atoms with Crippen LogP contribution in [0.3, 0.4) is 0 Å². The Morgan fingerprint density at radius 1 is 1.44 bits per heavy atom. The highest BCUT2D eigenvalue weighted by molar-refractivity contribution is 7.89. The molecule has 1 aromatic heterocycles. The minimum absolute atomic E-state index is 0.241. The van der Waals surface area contributed by atoms with E-state index in [0.717, 1.165) is 5.69 Å². The Morgan fingerprint density at radius 2 is 2.11 bits per heavy atom. The van der Waals surface area contributed by atoms with Crippen LogP contribution in [0.4, 0.5) is 0 Å². The fraction of sp³-hybridized carbons (Fsp3) is 0.583. The molecule has 102 valence electrons. The van der Waals surface area contributed by atoms with Gasteiger partial charge in [-0.2, -0.15) is 4.31 Å². The van der Waals surface area contributed by atoms with Crippen molar-refractivity contribution in [3.63, 3.8) is 0 Å². The summed E-state index contributed by atoms with van der Waals surface area (Å²) in [5, 5.41) is 8.21. The molecule has 0 radical (unpaired) electrons. The molecule has 0 aliphatic carbocycles.